The van der Waals surface area contributed by atoms with E-state index in [0.29, 0.717) is 17.4 Å². The normalized spacial score (nSPS) is 23.3. The summed E-state index contributed by atoms with van der Waals surface area (Å²) in [6.45, 7) is 11.0. The number of ether oxygens (including phenoxy) is 1. The largest absolute Gasteiger partial charge is 0.493 e. The summed E-state index contributed by atoms with van der Waals surface area (Å²) in [6.07, 6.45) is 1.19. The first-order chi connectivity index (χ1) is 8.53. The van der Waals surface area contributed by atoms with E-state index in [1.807, 2.05) is 6.07 Å². The Morgan fingerprint density at radius 1 is 1.33 bits per heavy atom. The second-order valence-electron chi connectivity index (χ2n) is 6.20. The second-order valence-corrected chi connectivity index (χ2v) is 6.20. The third-order valence-electron chi connectivity index (χ3n) is 4.08. The Balaban J connectivity index is 2.12. The van der Waals surface area contributed by atoms with Gasteiger partial charge in [-0.1, -0.05) is 45.9 Å². The second kappa shape index (κ2) is 5.31. The lowest BCUT2D eigenvalue weighted by atomic mass is 9.87. The summed E-state index contributed by atoms with van der Waals surface area (Å²) in [5.74, 6) is 1.56. The van der Waals surface area contributed by atoms with Gasteiger partial charge in [0, 0.05) is 24.1 Å². The number of hydrogen-bond acceptors (Lipinski definition) is 2. The van der Waals surface area contributed by atoms with Gasteiger partial charge in [0.25, 0.3) is 0 Å². The van der Waals surface area contributed by atoms with Crippen molar-refractivity contribution in [3.63, 3.8) is 0 Å². The van der Waals surface area contributed by atoms with Gasteiger partial charge in [0.05, 0.1) is 6.61 Å². The number of para-hydroxylation sites is 1. The third-order valence-corrected chi connectivity index (χ3v) is 4.08. The molecule has 2 heteroatoms. The average Bonchev–Trinajstić information content (AvgIpc) is 2.37. The van der Waals surface area contributed by atoms with Gasteiger partial charge in [0.2, 0.25) is 0 Å². The Hall–Kier alpha value is -1.02. The van der Waals surface area contributed by atoms with Crippen LogP contribution in [0.3, 0.4) is 0 Å². The maximum atomic E-state index is 5.78. The molecule has 0 spiro atoms. The Morgan fingerprint density at radius 3 is 2.78 bits per heavy atom. The Bertz CT molecular complexity index is 400. The van der Waals surface area contributed by atoms with Crippen LogP contribution in [-0.4, -0.2) is 13.2 Å². The molecular formula is C16H25NO. The third kappa shape index (κ3) is 2.86. The van der Waals surface area contributed by atoms with Crippen molar-refractivity contribution in [2.75, 3.05) is 13.2 Å². The van der Waals surface area contributed by atoms with Crippen LogP contribution in [0.1, 0.15) is 45.7 Å². The molecule has 1 aromatic carbocycles. The first kappa shape index (κ1) is 13.4. The minimum absolute atomic E-state index is 0.354. The molecule has 1 aliphatic heterocycles. The van der Waals surface area contributed by atoms with Gasteiger partial charge >= 0.3 is 0 Å². The zero-order valence-electron chi connectivity index (χ0n) is 12.0. The molecule has 2 atom stereocenters. The monoisotopic (exact) mass is 247 g/mol. The van der Waals surface area contributed by atoms with Crippen LogP contribution >= 0.6 is 0 Å². The molecule has 0 bridgehead atoms. The van der Waals surface area contributed by atoms with E-state index in [2.05, 4.69) is 51.2 Å². The van der Waals surface area contributed by atoms with Gasteiger partial charge in [-0.15, -0.1) is 0 Å². The van der Waals surface area contributed by atoms with Gasteiger partial charge in [-0.25, -0.2) is 0 Å². The number of fused-ring (bicyclic) bond motifs is 1. The number of benzene rings is 1. The standard InChI is InChI=1S/C16H25NO/c1-5-16(3,4)11-17-15-12(2)10-18-14-9-7-6-8-13(14)15/h6-9,12,15,17H,5,10-11H2,1-4H3. The highest BCUT2D eigenvalue weighted by molar-refractivity contribution is 5.37. The van der Waals surface area contributed by atoms with Crippen molar-refractivity contribution in [1.82, 2.24) is 5.32 Å². The summed E-state index contributed by atoms with van der Waals surface area (Å²) in [5.41, 5.74) is 1.66. The van der Waals surface area contributed by atoms with Crippen molar-refractivity contribution in [3.8, 4) is 5.75 Å². The fraction of sp³-hybridized carbons (Fsp3) is 0.625. The summed E-state index contributed by atoms with van der Waals surface area (Å²) >= 11 is 0. The van der Waals surface area contributed by atoms with Crippen molar-refractivity contribution in [3.05, 3.63) is 29.8 Å². The smallest absolute Gasteiger partial charge is 0.124 e. The first-order valence-corrected chi connectivity index (χ1v) is 6.98. The molecule has 0 saturated heterocycles. The topological polar surface area (TPSA) is 21.3 Å². The zero-order valence-corrected chi connectivity index (χ0v) is 12.0. The van der Waals surface area contributed by atoms with E-state index in [1.54, 1.807) is 0 Å². The molecule has 0 aliphatic carbocycles. The van der Waals surface area contributed by atoms with Gasteiger partial charge in [0.1, 0.15) is 5.75 Å². The Labute approximate surface area is 111 Å². The Kier molecular flexibility index (Phi) is 3.96. The lowest BCUT2D eigenvalue weighted by Crippen LogP contribution is -2.38. The highest BCUT2D eigenvalue weighted by atomic mass is 16.5. The maximum absolute atomic E-state index is 5.78. The molecule has 0 aromatic heterocycles. The van der Waals surface area contributed by atoms with Crippen LogP contribution < -0.4 is 10.1 Å². The first-order valence-electron chi connectivity index (χ1n) is 6.98. The number of hydrogen-bond donors (Lipinski definition) is 1. The number of rotatable bonds is 4. The predicted octanol–water partition coefficient (Wildman–Crippen LogP) is 3.78. The summed E-state index contributed by atoms with van der Waals surface area (Å²) < 4.78 is 5.78. The SMILES string of the molecule is CCC(C)(C)CNC1c2ccccc2OCC1C. The molecular weight excluding hydrogens is 222 g/mol. The highest BCUT2D eigenvalue weighted by Gasteiger charge is 2.28. The van der Waals surface area contributed by atoms with Gasteiger partial charge in [-0.2, -0.15) is 0 Å². The van der Waals surface area contributed by atoms with Crippen LogP contribution in [0, 0.1) is 11.3 Å². The molecule has 0 radical (unpaired) electrons. The summed E-state index contributed by atoms with van der Waals surface area (Å²) in [4.78, 5) is 0. The van der Waals surface area contributed by atoms with Crippen LogP contribution in [0.4, 0.5) is 0 Å². The van der Waals surface area contributed by atoms with Crippen LogP contribution in [0.25, 0.3) is 0 Å². The Morgan fingerprint density at radius 2 is 2.06 bits per heavy atom. The highest BCUT2D eigenvalue weighted by Crippen LogP contribution is 2.35. The molecule has 2 unspecified atom stereocenters. The minimum Gasteiger partial charge on any atom is -0.493 e. The predicted molar refractivity (Wildman–Crippen MR) is 75.9 cm³/mol. The molecule has 2 rings (SSSR count). The van der Waals surface area contributed by atoms with Crippen LogP contribution in [0.5, 0.6) is 5.75 Å². The van der Waals surface area contributed by atoms with Gasteiger partial charge in [-0.3, -0.25) is 0 Å². The van der Waals surface area contributed by atoms with Crippen molar-refractivity contribution < 1.29 is 4.74 Å². The van der Waals surface area contributed by atoms with E-state index >= 15 is 0 Å². The summed E-state index contributed by atoms with van der Waals surface area (Å²) in [5, 5.41) is 3.74. The number of nitrogens with one attached hydrogen (secondary N) is 1. The molecule has 0 saturated carbocycles. The lowest BCUT2D eigenvalue weighted by Gasteiger charge is -2.35. The molecule has 0 amide bonds. The summed E-state index contributed by atoms with van der Waals surface area (Å²) in [7, 11) is 0. The van der Waals surface area contributed by atoms with Crippen molar-refractivity contribution in [2.45, 2.75) is 40.2 Å². The fourth-order valence-corrected chi connectivity index (χ4v) is 2.32. The maximum Gasteiger partial charge on any atom is 0.124 e. The molecule has 1 aromatic rings. The van der Waals surface area contributed by atoms with Crippen molar-refractivity contribution >= 4 is 0 Å². The van der Waals surface area contributed by atoms with Crippen LogP contribution in [0.2, 0.25) is 0 Å². The summed E-state index contributed by atoms with van der Waals surface area (Å²) in [6, 6.07) is 8.81. The van der Waals surface area contributed by atoms with E-state index in [0.717, 1.165) is 18.9 Å². The van der Waals surface area contributed by atoms with Gasteiger partial charge in [0.15, 0.2) is 0 Å². The van der Waals surface area contributed by atoms with E-state index in [4.69, 9.17) is 4.74 Å². The van der Waals surface area contributed by atoms with Gasteiger partial charge < -0.3 is 10.1 Å². The van der Waals surface area contributed by atoms with Crippen molar-refractivity contribution in [2.24, 2.45) is 11.3 Å². The van der Waals surface area contributed by atoms with E-state index < -0.39 is 0 Å². The average molecular weight is 247 g/mol. The van der Waals surface area contributed by atoms with E-state index in [1.165, 1.54) is 12.0 Å². The molecule has 100 valence electrons. The molecule has 1 N–H and O–H groups in total. The van der Waals surface area contributed by atoms with Crippen LogP contribution in [-0.2, 0) is 0 Å². The van der Waals surface area contributed by atoms with Crippen molar-refractivity contribution in [1.29, 1.82) is 0 Å². The molecule has 1 heterocycles. The zero-order chi connectivity index (χ0) is 13.2. The quantitative estimate of drug-likeness (QED) is 0.874. The lowest BCUT2D eigenvalue weighted by molar-refractivity contribution is 0.176. The van der Waals surface area contributed by atoms with Crippen LogP contribution in [0.15, 0.2) is 24.3 Å². The van der Waals surface area contributed by atoms with Gasteiger partial charge in [-0.05, 0) is 17.9 Å². The molecule has 18 heavy (non-hydrogen) atoms. The van der Waals surface area contributed by atoms with E-state index in [-0.39, 0.29) is 0 Å². The van der Waals surface area contributed by atoms with E-state index in [9.17, 15) is 0 Å². The molecule has 2 nitrogen and oxygen atoms in total. The molecule has 1 aliphatic rings. The fourth-order valence-electron chi connectivity index (χ4n) is 2.32. The minimum atomic E-state index is 0.354. The molecule has 0 fully saturated rings.